The second kappa shape index (κ2) is 8.83. The molecule has 1 saturated heterocycles. The van der Waals surface area contributed by atoms with Crippen molar-refractivity contribution in [2.45, 2.75) is 32.4 Å². The van der Waals surface area contributed by atoms with E-state index in [1.54, 1.807) is 0 Å². The van der Waals surface area contributed by atoms with Crippen molar-refractivity contribution in [3.63, 3.8) is 0 Å². The largest absolute Gasteiger partial charge is 0.488 e. The number of ether oxygens (including phenoxy) is 1. The molecule has 32 heavy (non-hydrogen) atoms. The number of hydrogen-bond acceptors (Lipinski definition) is 3. The molecule has 2 aliphatic rings. The molecular formula is C27H31N3O2. The van der Waals surface area contributed by atoms with E-state index in [0.29, 0.717) is 19.2 Å². The third-order valence-electron chi connectivity index (χ3n) is 6.93. The van der Waals surface area contributed by atoms with Gasteiger partial charge in [-0.05, 0) is 55.6 Å². The van der Waals surface area contributed by atoms with Crippen LogP contribution in [0.25, 0.3) is 17.0 Å². The van der Waals surface area contributed by atoms with Crippen molar-refractivity contribution in [1.82, 2.24) is 14.4 Å². The third-order valence-corrected chi connectivity index (χ3v) is 6.93. The predicted octanol–water partition coefficient (Wildman–Crippen LogP) is 4.47. The van der Waals surface area contributed by atoms with Crippen LogP contribution in [0.4, 0.5) is 0 Å². The summed E-state index contributed by atoms with van der Waals surface area (Å²) in [6.45, 7) is 6.02. The highest BCUT2D eigenvalue weighted by Crippen LogP contribution is 2.28. The first-order chi connectivity index (χ1) is 15.6. The van der Waals surface area contributed by atoms with E-state index in [2.05, 4.69) is 53.8 Å². The normalized spacial score (nSPS) is 18.3. The first-order valence-corrected chi connectivity index (χ1v) is 11.6. The van der Waals surface area contributed by atoms with Crippen molar-refractivity contribution < 1.29 is 9.53 Å². The summed E-state index contributed by atoms with van der Waals surface area (Å²) < 4.78 is 8.12. The summed E-state index contributed by atoms with van der Waals surface area (Å²) in [7, 11) is 2.09. The Balaban J connectivity index is 1.46. The quantitative estimate of drug-likeness (QED) is 0.580. The fraction of sp³-hybridized carbons (Fsp3) is 0.370. The van der Waals surface area contributed by atoms with Gasteiger partial charge in [0.1, 0.15) is 12.4 Å². The second-order valence-corrected chi connectivity index (χ2v) is 8.86. The lowest BCUT2D eigenvalue weighted by Gasteiger charge is -2.31. The molecule has 1 fully saturated rings. The molecule has 166 valence electrons. The highest BCUT2D eigenvalue weighted by atomic mass is 16.5. The van der Waals surface area contributed by atoms with Crippen LogP contribution in [0, 0.1) is 0 Å². The predicted molar refractivity (Wildman–Crippen MR) is 129 cm³/mol. The molecule has 0 N–H and O–H groups in total. The zero-order chi connectivity index (χ0) is 22.1. The molecule has 3 aromatic rings. The Bertz CT molecular complexity index is 1160. The van der Waals surface area contributed by atoms with Crippen LogP contribution in [-0.4, -0.2) is 52.6 Å². The number of hydrogen-bond donors (Lipinski definition) is 0. The number of aromatic nitrogens is 1. The maximum Gasteiger partial charge on any atom is 0.253 e. The van der Waals surface area contributed by atoms with Gasteiger partial charge in [0.25, 0.3) is 5.91 Å². The van der Waals surface area contributed by atoms with Gasteiger partial charge in [0.15, 0.2) is 0 Å². The SMILES string of the molecule is CCN1CCCC1CN(Cc1cc2ccccc2n1C)C(=O)C1=Cc2ccccc2OC1. The Kier molecular flexibility index (Phi) is 5.75. The Hall–Kier alpha value is -3.05. The van der Waals surface area contributed by atoms with Gasteiger partial charge in [0.2, 0.25) is 0 Å². The minimum atomic E-state index is 0.0766. The monoisotopic (exact) mass is 429 g/mol. The van der Waals surface area contributed by atoms with Crippen molar-refractivity contribution in [3.8, 4) is 5.75 Å². The van der Waals surface area contributed by atoms with Crippen molar-refractivity contribution in [2.75, 3.05) is 26.2 Å². The molecule has 0 aliphatic carbocycles. The molecule has 1 amide bonds. The molecule has 0 radical (unpaired) electrons. The molecule has 0 spiro atoms. The molecule has 2 aromatic carbocycles. The van der Waals surface area contributed by atoms with Crippen molar-refractivity contribution in [3.05, 3.63) is 71.4 Å². The zero-order valence-corrected chi connectivity index (χ0v) is 19.0. The van der Waals surface area contributed by atoms with E-state index in [0.717, 1.165) is 48.6 Å². The summed E-state index contributed by atoms with van der Waals surface area (Å²) in [4.78, 5) is 18.3. The van der Waals surface area contributed by atoms with Gasteiger partial charge >= 0.3 is 0 Å². The van der Waals surface area contributed by atoms with Crippen LogP contribution in [-0.2, 0) is 18.4 Å². The second-order valence-electron chi connectivity index (χ2n) is 8.86. The summed E-state index contributed by atoms with van der Waals surface area (Å²) in [5.74, 6) is 0.921. The van der Waals surface area contributed by atoms with Gasteiger partial charge in [-0.15, -0.1) is 0 Å². The van der Waals surface area contributed by atoms with Crippen molar-refractivity contribution in [2.24, 2.45) is 7.05 Å². The maximum absolute atomic E-state index is 13.8. The van der Waals surface area contributed by atoms with Crippen LogP contribution >= 0.6 is 0 Å². The Morgan fingerprint density at radius 3 is 2.81 bits per heavy atom. The van der Waals surface area contributed by atoms with Gasteiger partial charge in [0, 0.05) is 36.4 Å². The number of fused-ring (bicyclic) bond motifs is 2. The Labute approximate surface area is 189 Å². The zero-order valence-electron chi connectivity index (χ0n) is 19.0. The number of likely N-dealkylation sites (tertiary alicyclic amines) is 1. The van der Waals surface area contributed by atoms with E-state index in [1.807, 2.05) is 35.2 Å². The number of benzene rings is 2. The molecule has 5 nitrogen and oxygen atoms in total. The van der Waals surface area contributed by atoms with Crippen LogP contribution < -0.4 is 4.74 Å². The van der Waals surface area contributed by atoms with E-state index < -0.39 is 0 Å². The lowest BCUT2D eigenvalue weighted by atomic mass is 10.1. The van der Waals surface area contributed by atoms with Crippen LogP contribution in [0.15, 0.2) is 60.2 Å². The minimum Gasteiger partial charge on any atom is -0.488 e. The Morgan fingerprint density at radius 1 is 1.16 bits per heavy atom. The number of rotatable bonds is 6. The van der Waals surface area contributed by atoms with Gasteiger partial charge in [0.05, 0.1) is 12.1 Å². The average molecular weight is 430 g/mol. The van der Waals surface area contributed by atoms with Gasteiger partial charge < -0.3 is 14.2 Å². The fourth-order valence-electron chi connectivity index (χ4n) is 5.13. The van der Waals surface area contributed by atoms with Crippen molar-refractivity contribution >= 4 is 22.9 Å². The summed E-state index contributed by atoms with van der Waals surface area (Å²) >= 11 is 0. The van der Waals surface area contributed by atoms with Gasteiger partial charge in [-0.2, -0.15) is 0 Å². The lowest BCUT2D eigenvalue weighted by molar-refractivity contribution is -0.128. The number of amides is 1. The van der Waals surface area contributed by atoms with Crippen molar-refractivity contribution in [1.29, 1.82) is 0 Å². The molecule has 1 aromatic heterocycles. The van der Waals surface area contributed by atoms with Gasteiger partial charge in [-0.25, -0.2) is 0 Å². The van der Waals surface area contributed by atoms with Gasteiger partial charge in [-0.3, -0.25) is 9.69 Å². The number of aryl methyl sites for hydroxylation is 1. The van der Waals surface area contributed by atoms with E-state index in [4.69, 9.17) is 4.74 Å². The molecule has 5 rings (SSSR count). The minimum absolute atomic E-state index is 0.0766. The fourth-order valence-corrected chi connectivity index (χ4v) is 5.13. The van der Waals surface area contributed by atoms with E-state index in [-0.39, 0.29) is 5.91 Å². The summed E-state index contributed by atoms with van der Waals surface area (Å²) in [6, 6.07) is 18.9. The first-order valence-electron chi connectivity index (χ1n) is 11.6. The first kappa shape index (κ1) is 20.8. The number of likely N-dealkylation sites (N-methyl/N-ethyl adjacent to an activating group) is 1. The summed E-state index contributed by atoms with van der Waals surface area (Å²) in [5.41, 5.74) is 4.05. The summed E-state index contributed by atoms with van der Waals surface area (Å²) in [6.07, 6.45) is 4.35. The number of para-hydroxylation sites is 2. The molecule has 0 saturated carbocycles. The number of carbonyl (C=O) groups excluding carboxylic acids is 1. The molecule has 5 heteroatoms. The number of nitrogens with zero attached hydrogens (tertiary/aromatic N) is 3. The van der Waals surface area contributed by atoms with Crippen LogP contribution in [0.3, 0.4) is 0 Å². The Morgan fingerprint density at radius 2 is 1.97 bits per heavy atom. The molecule has 1 atom stereocenters. The van der Waals surface area contributed by atoms with Gasteiger partial charge in [-0.1, -0.05) is 43.3 Å². The highest BCUT2D eigenvalue weighted by molar-refractivity contribution is 5.99. The average Bonchev–Trinajstić information content (AvgIpc) is 3.41. The van der Waals surface area contributed by atoms with Crippen LogP contribution in [0.5, 0.6) is 5.75 Å². The molecule has 3 heterocycles. The lowest BCUT2D eigenvalue weighted by Crippen LogP contribution is -2.44. The molecule has 0 bridgehead atoms. The molecular weight excluding hydrogens is 398 g/mol. The van der Waals surface area contributed by atoms with E-state index in [9.17, 15) is 4.79 Å². The van der Waals surface area contributed by atoms with Crippen LogP contribution in [0.2, 0.25) is 0 Å². The molecule has 2 aliphatic heterocycles. The molecule has 1 unspecified atom stereocenters. The topological polar surface area (TPSA) is 37.7 Å². The summed E-state index contributed by atoms with van der Waals surface area (Å²) in [5, 5.41) is 1.21. The third kappa shape index (κ3) is 3.93. The van der Waals surface area contributed by atoms with Crippen LogP contribution in [0.1, 0.15) is 31.0 Å². The maximum atomic E-state index is 13.8. The standard InChI is InChI=1S/C27H31N3O2/c1-3-29-14-8-11-23(29)17-30(18-24-16-20-9-4-6-12-25(20)28(24)2)27(31)22-15-21-10-5-7-13-26(21)32-19-22/h4-7,9-10,12-13,15-16,23H,3,8,11,14,17-19H2,1-2H3. The highest BCUT2D eigenvalue weighted by Gasteiger charge is 2.30. The number of carbonyl (C=O) groups is 1. The van der Waals surface area contributed by atoms with E-state index in [1.165, 1.54) is 17.3 Å². The van der Waals surface area contributed by atoms with E-state index >= 15 is 0 Å². The smallest absolute Gasteiger partial charge is 0.253 e.